The quantitative estimate of drug-likeness (QED) is 0.124. The molecule has 59 heavy (non-hydrogen) atoms. The van der Waals surface area contributed by atoms with Crippen LogP contribution in [0.5, 0.6) is 11.5 Å². The van der Waals surface area contributed by atoms with Crippen molar-refractivity contribution in [3.8, 4) is 22.6 Å². The van der Waals surface area contributed by atoms with Crippen LogP contribution in [-0.2, 0) is 41.4 Å². The molecule has 0 fully saturated rings. The smallest absolute Gasteiger partial charge is 0.408 e. The Kier molecular flexibility index (Phi) is 16.3. The molecule has 1 aliphatic rings. The van der Waals surface area contributed by atoms with E-state index in [0.717, 1.165) is 0 Å². The molecule has 1 unspecified atom stereocenters. The van der Waals surface area contributed by atoms with E-state index in [4.69, 9.17) is 14.2 Å². The van der Waals surface area contributed by atoms with E-state index in [1.807, 2.05) is 0 Å². The van der Waals surface area contributed by atoms with Crippen LogP contribution in [0.2, 0.25) is 0 Å². The average molecular weight is 829 g/mol. The Morgan fingerprint density at radius 2 is 1.19 bits per heavy atom. The van der Waals surface area contributed by atoms with Crippen LogP contribution in [0.4, 0.5) is 14.4 Å². The summed E-state index contributed by atoms with van der Waals surface area (Å²) < 4.78 is 15.9. The molecule has 18 heteroatoms. The number of carbonyl (C=O) groups is 6. The van der Waals surface area contributed by atoms with Crippen molar-refractivity contribution in [3.63, 3.8) is 0 Å². The van der Waals surface area contributed by atoms with Crippen LogP contribution in [0, 0.1) is 0 Å². The zero-order valence-corrected chi connectivity index (χ0v) is 35.2. The molecule has 3 rings (SSSR count). The molecular formula is C41H60N6O12. The Labute approximate surface area is 344 Å². The van der Waals surface area contributed by atoms with E-state index in [9.17, 15) is 44.1 Å². The van der Waals surface area contributed by atoms with Crippen molar-refractivity contribution in [2.24, 2.45) is 0 Å². The van der Waals surface area contributed by atoms with Gasteiger partial charge < -0.3 is 61.4 Å². The summed E-state index contributed by atoms with van der Waals surface area (Å²) in [5.41, 5.74) is -0.829. The molecule has 4 bridgehead atoms. The molecule has 18 nitrogen and oxygen atoms in total. The second-order valence-corrected chi connectivity index (χ2v) is 17.3. The minimum absolute atomic E-state index is 0.0363. The van der Waals surface area contributed by atoms with Crippen LogP contribution in [0.25, 0.3) is 11.1 Å². The molecule has 6 amide bonds. The van der Waals surface area contributed by atoms with Gasteiger partial charge in [-0.2, -0.15) is 0 Å². The van der Waals surface area contributed by atoms with E-state index in [1.54, 1.807) is 86.6 Å². The van der Waals surface area contributed by atoms with Crippen LogP contribution in [0.15, 0.2) is 36.4 Å². The molecule has 0 radical (unpaired) electrons. The van der Waals surface area contributed by atoms with Crippen molar-refractivity contribution in [1.82, 2.24) is 31.9 Å². The number of ether oxygens (including phenoxy) is 3. The summed E-state index contributed by atoms with van der Waals surface area (Å²) in [7, 11) is 0. The van der Waals surface area contributed by atoms with Crippen LogP contribution in [-0.4, -0.2) is 112 Å². The highest BCUT2D eigenvalue weighted by molar-refractivity contribution is 5.94. The van der Waals surface area contributed by atoms with Gasteiger partial charge in [0.15, 0.2) is 0 Å². The number of alkyl carbamates (subject to hydrolysis) is 3. The zero-order valence-electron chi connectivity index (χ0n) is 35.2. The van der Waals surface area contributed by atoms with Gasteiger partial charge in [-0.1, -0.05) is 12.1 Å². The molecule has 0 saturated heterocycles. The van der Waals surface area contributed by atoms with E-state index in [0.29, 0.717) is 11.1 Å². The summed E-state index contributed by atoms with van der Waals surface area (Å²) in [6.07, 6.45) is -4.08. The Bertz CT molecular complexity index is 1830. The predicted octanol–water partition coefficient (Wildman–Crippen LogP) is 3.03. The molecule has 1 aliphatic heterocycles. The molecule has 0 aromatic heterocycles. The first-order valence-corrected chi connectivity index (χ1v) is 19.4. The van der Waals surface area contributed by atoms with Crippen molar-refractivity contribution in [2.45, 2.75) is 129 Å². The predicted molar refractivity (Wildman–Crippen MR) is 216 cm³/mol. The number of nitrogens with one attached hydrogen (secondary N) is 6. The summed E-state index contributed by atoms with van der Waals surface area (Å²) in [4.78, 5) is 79.4. The Balaban J connectivity index is 2.01. The van der Waals surface area contributed by atoms with E-state index in [-0.39, 0.29) is 67.9 Å². The summed E-state index contributed by atoms with van der Waals surface area (Å²) in [5.74, 6) is -2.78. The summed E-state index contributed by atoms with van der Waals surface area (Å²) in [6, 6.07) is 5.16. The van der Waals surface area contributed by atoms with Crippen LogP contribution in [0.3, 0.4) is 0 Å². The van der Waals surface area contributed by atoms with E-state index >= 15 is 0 Å². The maximum Gasteiger partial charge on any atom is 0.408 e. The lowest BCUT2D eigenvalue weighted by Crippen LogP contribution is -2.58. The Hall–Kier alpha value is -5.78. The van der Waals surface area contributed by atoms with Gasteiger partial charge in [-0.15, -0.1) is 0 Å². The van der Waals surface area contributed by atoms with Gasteiger partial charge in [0.1, 0.15) is 46.4 Å². The molecule has 4 atom stereocenters. The number of hydrogen-bond acceptors (Lipinski definition) is 12. The maximum absolute atomic E-state index is 14.1. The number of fused-ring (bicyclic) bond motifs is 5. The Morgan fingerprint density at radius 1 is 0.695 bits per heavy atom. The molecule has 2 aromatic carbocycles. The second kappa shape index (κ2) is 20.3. The molecule has 0 spiro atoms. The third-order valence-corrected chi connectivity index (χ3v) is 8.34. The molecule has 2 aromatic rings. The number of phenolic OH excluding ortho intramolecular Hbond substituents is 2. The molecule has 0 aliphatic carbocycles. The van der Waals surface area contributed by atoms with Gasteiger partial charge in [0.25, 0.3) is 0 Å². The van der Waals surface area contributed by atoms with E-state index in [2.05, 4.69) is 31.9 Å². The number of aliphatic hydroxyl groups is 1. The summed E-state index contributed by atoms with van der Waals surface area (Å²) in [5, 5.41) is 47.8. The first-order valence-electron chi connectivity index (χ1n) is 19.4. The first-order chi connectivity index (χ1) is 27.3. The number of rotatable bonds is 10. The fourth-order valence-electron chi connectivity index (χ4n) is 5.72. The first kappa shape index (κ1) is 47.6. The third-order valence-electron chi connectivity index (χ3n) is 8.34. The fourth-order valence-corrected chi connectivity index (χ4v) is 5.72. The van der Waals surface area contributed by atoms with E-state index in [1.165, 1.54) is 12.1 Å². The van der Waals surface area contributed by atoms with Gasteiger partial charge >= 0.3 is 18.3 Å². The molecular weight excluding hydrogens is 768 g/mol. The normalized spacial score (nSPS) is 18.0. The molecule has 9 N–H and O–H groups in total. The Morgan fingerprint density at radius 3 is 1.73 bits per heavy atom. The average Bonchev–Trinajstić information content (AvgIpc) is 3.09. The van der Waals surface area contributed by atoms with Crippen molar-refractivity contribution in [3.05, 3.63) is 47.5 Å². The lowest BCUT2D eigenvalue weighted by atomic mass is 9.95. The lowest BCUT2D eigenvalue weighted by molar-refractivity contribution is -0.132. The minimum atomic E-state index is -1.38. The van der Waals surface area contributed by atoms with E-state index < -0.39 is 77.0 Å². The number of phenols is 2. The lowest BCUT2D eigenvalue weighted by Gasteiger charge is -2.27. The fraction of sp³-hybridized carbons (Fsp3) is 0.561. The molecule has 326 valence electrons. The van der Waals surface area contributed by atoms with Gasteiger partial charge in [0, 0.05) is 32.5 Å². The van der Waals surface area contributed by atoms with Crippen molar-refractivity contribution in [2.75, 3.05) is 19.6 Å². The van der Waals surface area contributed by atoms with Gasteiger partial charge in [0.05, 0.1) is 6.10 Å². The van der Waals surface area contributed by atoms with Crippen LogP contribution >= 0.6 is 0 Å². The number of hydrogen-bond donors (Lipinski definition) is 9. The number of aliphatic hydroxyl groups excluding tert-OH is 1. The standard InChI is InChI=1S/C41H60N6O12/c1-39(2,3)57-36(54)42-16-10-11-28-34(52)46-29(33(51)43-21-27(48)22-44-37(55)58-40(4,5)6)19-25-17-23(12-14-31(25)49)24-13-15-32(50)26(18-24)20-30(35(53)45-28)47-38(56)59-41(7,8)9/h12-15,17-18,27-30,48-50H,10-11,16,19-22H2,1-9H3,(H,42,54)(H,43,51)(H,44,55)(H,45,53)(H,46,52)(H,47,56)/t27?,28-,29-,30-/m0/s1. The number of benzene rings is 2. The number of aromatic hydroxyl groups is 2. The maximum atomic E-state index is 14.1. The van der Waals surface area contributed by atoms with Gasteiger partial charge in [-0.25, -0.2) is 14.4 Å². The highest BCUT2D eigenvalue weighted by Crippen LogP contribution is 2.31. The summed E-state index contributed by atoms with van der Waals surface area (Å²) >= 11 is 0. The summed E-state index contributed by atoms with van der Waals surface area (Å²) in [6.45, 7) is 14.5. The largest absolute Gasteiger partial charge is 0.508 e. The van der Waals surface area contributed by atoms with Crippen LogP contribution < -0.4 is 31.9 Å². The minimum Gasteiger partial charge on any atom is -0.508 e. The molecule has 0 saturated carbocycles. The van der Waals surface area contributed by atoms with Crippen molar-refractivity contribution in [1.29, 1.82) is 0 Å². The van der Waals surface area contributed by atoms with Crippen molar-refractivity contribution < 1.29 is 58.3 Å². The van der Waals surface area contributed by atoms with Gasteiger partial charge in [0.2, 0.25) is 17.7 Å². The van der Waals surface area contributed by atoms with Gasteiger partial charge in [-0.05, 0) is 122 Å². The number of amides is 6. The highest BCUT2D eigenvalue weighted by Gasteiger charge is 2.32. The second-order valence-electron chi connectivity index (χ2n) is 17.3. The topological polar surface area (TPSA) is 263 Å². The zero-order chi connectivity index (χ0) is 44.3. The van der Waals surface area contributed by atoms with Crippen LogP contribution in [0.1, 0.15) is 86.3 Å². The highest BCUT2D eigenvalue weighted by atomic mass is 16.6. The number of carbonyl (C=O) groups excluding carboxylic acids is 6. The van der Waals surface area contributed by atoms with Gasteiger partial charge in [-0.3, -0.25) is 14.4 Å². The third kappa shape index (κ3) is 16.9. The SMILES string of the molecule is CC(C)(C)OC(=O)NCCC[C@@H]1NC(=O)[C@@H](NC(=O)OC(C)(C)C)Cc2cc(ccc2O)-c2ccc(O)c(c2)C[C@@H](C(=O)NCC(O)CNC(=O)OC(C)(C)C)NC1=O. The van der Waals surface area contributed by atoms with Crippen molar-refractivity contribution >= 4 is 36.0 Å². The monoisotopic (exact) mass is 828 g/mol. The molecule has 1 heterocycles.